The highest BCUT2D eigenvalue weighted by molar-refractivity contribution is 5.69. The molecule has 0 aromatic carbocycles. The maximum absolute atomic E-state index is 12.5. The van der Waals surface area contributed by atoms with Crippen LogP contribution in [0.15, 0.2) is 24.3 Å². The minimum atomic E-state index is -0.399. The zero-order valence-corrected chi connectivity index (χ0v) is 37.9. The Labute approximate surface area is 349 Å². The lowest BCUT2D eigenvalue weighted by Crippen LogP contribution is -2.29. The van der Waals surface area contributed by atoms with Gasteiger partial charge in [-0.2, -0.15) is 0 Å². The molecule has 0 fully saturated rings. The first-order valence-corrected chi connectivity index (χ1v) is 24.9. The van der Waals surface area contributed by atoms with Crippen LogP contribution in [0.2, 0.25) is 0 Å². The van der Waals surface area contributed by atoms with Gasteiger partial charge in [0.1, 0.15) is 19.3 Å². The van der Waals surface area contributed by atoms with E-state index in [0.29, 0.717) is 19.4 Å². The number of hydrogen-bond donors (Lipinski definition) is 0. The molecule has 0 bridgehead atoms. The minimum absolute atomic E-state index is 0.155. The van der Waals surface area contributed by atoms with Crippen LogP contribution in [0.1, 0.15) is 265 Å². The van der Waals surface area contributed by atoms with Gasteiger partial charge in [-0.05, 0) is 64.2 Å². The molecule has 0 saturated carbocycles. The fourth-order valence-corrected chi connectivity index (χ4v) is 7.17. The van der Waals surface area contributed by atoms with Gasteiger partial charge in [-0.1, -0.05) is 212 Å². The molecule has 5 heteroatoms. The van der Waals surface area contributed by atoms with Crippen LogP contribution < -0.4 is 0 Å². The van der Waals surface area contributed by atoms with E-state index >= 15 is 0 Å². The summed E-state index contributed by atoms with van der Waals surface area (Å²) in [6.07, 6.45) is 54.8. The predicted octanol–water partition coefficient (Wildman–Crippen LogP) is 16.5. The number of unbranched alkanes of at least 4 members (excludes halogenated alkanes) is 31. The van der Waals surface area contributed by atoms with Crippen molar-refractivity contribution in [3.05, 3.63) is 24.3 Å². The Morgan fingerprint density at radius 1 is 0.357 bits per heavy atom. The maximum atomic E-state index is 12.5. The number of rotatable bonds is 46. The first kappa shape index (κ1) is 54.4. The zero-order valence-electron chi connectivity index (χ0n) is 37.9. The highest BCUT2D eigenvalue weighted by atomic mass is 16.6. The van der Waals surface area contributed by atoms with Crippen molar-refractivity contribution in [2.24, 2.45) is 0 Å². The molecule has 0 saturated heterocycles. The molecule has 330 valence electrons. The van der Waals surface area contributed by atoms with Gasteiger partial charge in [0.05, 0.1) is 0 Å². The third kappa shape index (κ3) is 45.1. The number of ether oxygens (including phenoxy) is 3. The van der Waals surface area contributed by atoms with Crippen LogP contribution in [0.4, 0.5) is 0 Å². The van der Waals surface area contributed by atoms with Gasteiger partial charge in [-0.3, -0.25) is 9.59 Å². The predicted molar refractivity (Wildman–Crippen MR) is 242 cm³/mol. The van der Waals surface area contributed by atoms with Crippen molar-refractivity contribution in [3.8, 4) is 0 Å². The number of carbonyl (C=O) groups excluding carboxylic acids is 2. The van der Waals surface area contributed by atoms with Crippen LogP contribution in [0, 0.1) is 0 Å². The minimum Gasteiger partial charge on any atom is -0.463 e. The molecule has 0 spiro atoms. The van der Waals surface area contributed by atoms with E-state index in [1.54, 1.807) is 0 Å². The summed E-state index contributed by atoms with van der Waals surface area (Å²) in [6, 6.07) is 0. The van der Waals surface area contributed by atoms with Crippen LogP contribution >= 0.6 is 0 Å². The van der Waals surface area contributed by atoms with Crippen molar-refractivity contribution in [1.82, 2.24) is 0 Å². The molecular formula is C51H96O5. The Hall–Kier alpha value is -1.62. The third-order valence-corrected chi connectivity index (χ3v) is 11.0. The number of hydrogen-bond acceptors (Lipinski definition) is 5. The molecule has 0 aliphatic carbocycles. The smallest absolute Gasteiger partial charge is 0.305 e. The molecule has 0 aliphatic heterocycles. The zero-order chi connectivity index (χ0) is 40.7. The summed E-state index contributed by atoms with van der Waals surface area (Å²) in [5.74, 6) is -0.344. The van der Waals surface area contributed by atoms with E-state index in [9.17, 15) is 9.59 Å². The molecule has 0 N–H and O–H groups in total. The summed E-state index contributed by atoms with van der Waals surface area (Å²) in [7, 11) is 0. The topological polar surface area (TPSA) is 61.8 Å². The van der Waals surface area contributed by atoms with Crippen LogP contribution in [-0.4, -0.2) is 37.9 Å². The van der Waals surface area contributed by atoms with E-state index in [4.69, 9.17) is 14.2 Å². The molecule has 5 nitrogen and oxygen atoms in total. The molecule has 0 aliphatic rings. The van der Waals surface area contributed by atoms with Crippen molar-refractivity contribution in [2.75, 3.05) is 19.8 Å². The van der Waals surface area contributed by atoms with E-state index in [-0.39, 0.29) is 25.2 Å². The van der Waals surface area contributed by atoms with E-state index in [0.717, 1.165) is 57.8 Å². The Morgan fingerprint density at radius 2 is 0.643 bits per heavy atom. The molecule has 0 amide bonds. The molecule has 0 heterocycles. The number of carbonyl (C=O) groups is 2. The summed E-state index contributed by atoms with van der Waals surface area (Å²) in [4.78, 5) is 25.1. The highest BCUT2D eigenvalue weighted by Gasteiger charge is 2.16. The SMILES string of the molecule is CCCC/C=C\CCCCCCCC(=O)OC[C@@H](COC(=O)CCCCCCC/C=C\CCCCCC)OCCCCCCCCCCCCCCCCCC. The second-order valence-corrected chi connectivity index (χ2v) is 16.7. The molecule has 1 atom stereocenters. The van der Waals surface area contributed by atoms with Gasteiger partial charge in [0, 0.05) is 19.4 Å². The third-order valence-electron chi connectivity index (χ3n) is 11.0. The summed E-state index contributed by atoms with van der Waals surface area (Å²) in [5, 5.41) is 0. The fourth-order valence-electron chi connectivity index (χ4n) is 7.17. The molecular weight excluding hydrogens is 693 g/mol. The van der Waals surface area contributed by atoms with Gasteiger partial charge < -0.3 is 14.2 Å². The van der Waals surface area contributed by atoms with Gasteiger partial charge in [0.2, 0.25) is 0 Å². The first-order valence-electron chi connectivity index (χ1n) is 24.9. The largest absolute Gasteiger partial charge is 0.463 e. The van der Waals surface area contributed by atoms with Crippen LogP contribution in [0.5, 0.6) is 0 Å². The quantitative estimate of drug-likeness (QED) is 0.0349. The van der Waals surface area contributed by atoms with Crippen molar-refractivity contribution >= 4 is 11.9 Å². The Balaban J connectivity index is 4.22. The lowest BCUT2D eigenvalue weighted by atomic mass is 10.0. The van der Waals surface area contributed by atoms with Gasteiger partial charge in [0.25, 0.3) is 0 Å². The lowest BCUT2D eigenvalue weighted by molar-refractivity contribution is -0.155. The lowest BCUT2D eigenvalue weighted by Gasteiger charge is -2.18. The summed E-state index contributed by atoms with van der Waals surface area (Å²) in [5.41, 5.74) is 0. The highest BCUT2D eigenvalue weighted by Crippen LogP contribution is 2.15. The molecule has 56 heavy (non-hydrogen) atoms. The summed E-state index contributed by atoms with van der Waals surface area (Å²) >= 11 is 0. The van der Waals surface area contributed by atoms with Crippen LogP contribution in [0.3, 0.4) is 0 Å². The number of allylic oxidation sites excluding steroid dienone is 4. The second kappa shape index (κ2) is 47.8. The van der Waals surface area contributed by atoms with E-state index in [1.807, 2.05) is 0 Å². The van der Waals surface area contributed by atoms with Crippen LogP contribution in [0.25, 0.3) is 0 Å². The van der Waals surface area contributed by atoms with Gasteiger partial charge in [-0.25, -0.2) is 0 Å². The van der Waals surface area contributed by atoms with E-state index in [1.165, 1.54) is 173 Å². The fraction of sp³-hybridized carbons (Fsp3) is 0.882. The summed E-state index contributed by atoms with van der Waals surface area (Å²) < 4.78 is 17.4. The van der Waals surface area contributed by atoms with Gasteiger partial charge >= 0.3 is 11.9 Å². The van der Waals surface area contributed by atoms with Gasteiger partial charge in [0.15, 0.2) is 0 Å². The Bertz CT molecular complexity index is 851. The van der Waals surface area contributed by atoms with Gasteiger partial charge in [-0.15, -0.1) is 0 Å². The van der Waals surface area contributed by atoms with Crippen LogP contribution in [-0.2, 0) is 23.8 Å². The average Bonchev–Trinajstić information content (AvgIpc) is 3.20. The molecule has 0 aromatic heterocycles. The monoisotopic (exact) mass is 789 g/mol. The van der Waals surface area contributed by atoms with E-state index in [2.05, 4.69) is 45.1 Å². The number of esters is 2. The molecule has 0 unspecified atom stereocenters. The Kier molecular flexibility index (Phi) is 46.4. The maximum Gasteiger partial charge on any atom is 0.305 e. The van der Waals surface area contributed by atoms with Crippen molar-refractivity contribution < 1.29 is 23.8 Å². The molecule has 0 radical (unpaired) electrons. The normalized spacial score (nSPS) is 12.3. The van der Waals surface area contributed by atoms with Crippen molar-refractivity contribution in [2.45, 2.75) is 271 Å². The summed E-state index contributed by atoms with van der Waals surface area (Å²) in [6.45, 7) is 7.70. The van der Waals surface area contributed by atoms with Crippen molar-refractivity contribution in [3.63, 3.8) is 0 Å². The molecule has 0 rings (SSSR count). The van der Waals surface area contributed by atoms with Crippen molar-refractivity contribution in [1.29, 1.82) is 0 Å². The first-order chi connectivity index (χ1) is 27.6. The molecule has 0 aromatic rings. The average molecular weight is 789 g/mol. The van der Waals surface area contributed by atoms with E-state index < -0.39 is 6.10 Å². The second-order valence-electron chi connectivity index (χ2n) is 16.7. The standard InChI is InChI=1S/C51H96O5/c1-4-7-10-13-16-19-22-24-25-26-28-31-34-37-40-43-46-54-49(47-55-50(52)44-41-38-35-32-29-21-18-15-12-9-6-3)48-56-51(53)45-42-39-36-33-30-27-23-20-17-14-11-8-5-2/h15,18,20,23,49H,4-14,16-17,19,21-22,24-48H2,1-3H3/b18-15-,23-20-/t49-/m0/s1. The Morgan fingerprint density at radius 3 is 1.02 bits per heavy atom.